The number of nitro benzene ring substituents is 1. The monoisotopic (exact) mass is 280 g/mol. The molecule has 0 fully saturated rings. The van der Waals surface area contributed by atoms with Gasteiger partial charge in [-0.25, -0.2) is 4.98 Å². The van der Waals surface area contributed by atoms with Crippen LogP contribution in [0.25, 0.3) is 22.8 Å². The molecule has 6 heteroatoms. The zero-order chi connectivity index (χ0) is 14.8. The lowest BCUT2D eigenvalue weighted by atomic mass is 10.1. The topological polar surface area (TPSA) is 84.7 Å². The molecule has 0 saturated carbocycles. The van der Waals surface area contributed by atoms with E-state index in [2.05, 4.69) is 15.2 Å². The second-order valence-corrected chi connectivity index (χ2v) is 4.68. The second kappa shape index (κ2) is 5.16. The minimum absolute atomic E-state index is 0.0224. The molecule has 1 heterocycles. The van der Waals surface area contributed by atoms with Crippen LogP contribution in [0.3, 0.4) is 0 Å². The summed E-state index contributed by atoms with van der Waals surface area (Å²) in [7, 11) is 0. The number of H-pyrrole nitrogens is 1. The summed E-state index contributed by atoms with van der Waals surface area (Å²) < 4.78 is 0. The van der Waals surface area contributed by atoms with Crippen molar-refractivity contribution in [3.8, 4) is 22.8 Å². The fraction of sp³-hybridized carbons (Fsp3) is 0.0667. The van der Waals surface area contributed by atoms with E-state index in [9.17, 15) is 10.1 Å². The summed E-state index contributed by atoms with van der Waals surface area (Å²) in [6, 6.07) is 14.2. The zero-order valence-corrected chi connectivity index (χ0v) is 11.3. The normalized spacial score (nSPS) is 10.5. The molecular formula is C15H12N4O2. The average Bonchev–Trinajstić information content (AvgIpc) is 2.98. The molecule has 21 heavy (non-hydrogen) atoms. The van der Waals surface area contributed by atoms with Crippen LogP contribution >= 0.6 is 0 Å². The first kappa shape index (κ1) is 13.0. The summed E-state index contributed by atoms with van der Waals surface area (Å²) in [5.41, 5.74) is 2.72. The van der Waals surface area contributed by atoms with Gasteiger partial charge in [0, 0.05) is 23.3 Å². The van der Waals surface area contributed by atoms with Crippen LogP contribution in [0.4, 0.5) is 5.69 Å². The van der Waals surface area contributed by atoms with Gasteiger partial charge in [-0.3, -0.25) is 15.2 Å². The number of aromatic nitrogens is 3. The number of non-ortho nitro benzene ring substituents is 1. The van der Waals surface area contributed by atoms with Gasteiger partial charge in [0.25, 0.3) is 5.69 Å². The molecular weight excluding hydrogens is 268 g/mol. The number of hydrogen-bond donors (Lipinski definition) is 1. The first-order valence-corrected chi connectivity index (χ1v) is 6.38. The zero-order valence-electron chi connectivity index (χ0n) is 11.3. The summed E-state index contributed by atoms with van der Waals surface area (Å²) in [5.74, 6) is 1.07. The minimum atomic E-state index is -0.433. The third-order valence-electron chi connectivity index (χ3n) is 3.13. The SMILES string of the molecule is Cc1ccc(-c2nc(-c3cccc([N+](=O)[O-])c3)n[nH]2)cc1. The van der Waals surface area contributed by atoms with Gasteiger partial charge in [-0.05, 0) is 6.92 Å². The van der Waals surface area contributed by atoms with Gasteiger partial charge in [0.2, 0.25) is 0 Å². The van der Waals surface area contributed by atoms with Crippen LogP contribution in [-0.2, 0) is 0 Å². The predicted molar refractivity (Wildman–Crippen MR) is 78.6 cm³/mol. The molecule has 104 valence electrons. The van der Waals surface area contributed by atoms with E-state index >= 15 is 0 Å². The van der Waals surface area contributed by atoms with E-state index in [-0.39, 0.29) is 5.69 Å². The number of rotatable bonds is 3. The Morgan fingerprint density at radius 1 is 1.10 bits per heavy atom. The van der Waals surface area contributed by atoms with Crippen molar-refractivity contribution in [2.75, 3.05) is 0 Å². The molecule has 2 aromatic carbocycles. The molecule has 1 aromatic heterocycles. The number of hydrogen-bond acceptors (Lipinski definition) is 4. The van der Waals surface area contributed by atoms with Gasteiger partial charge < -0.3 is 0 Å². The Balaban J connectivity index is 1.96. The average molecular weight is 280 g/mol. The quantitative estimate of drug-likeness (QED) is 0.589. The van der Waals surface area contributed by atoms with Gasteiger partial charge >= 0.3 is 0 Å². The van der Waals surface area contributed by atoms with Crippen molar-refractivity contribution in [3.63, 3.8) is 0 Å². The lowest BCUT2D eigenvalue weighted by molar-refractivity contribution is -0.384. The third-order valence-corrected chi connectivity index (χ3v) is 3.13. The summed E-state index contributed by atoms with van der Waals surface area (Å²) >= 11 is 0. The molecule has 1 N–H and O–H groups in total. The Morgan fingerprint density at radius 2 is 1.86 bits per heavy atom. The number of nitrogens with zero attached hydrogens (tertiary/aromatic N) is 3. The Bertz CT molecular complexity index is 793. The van der Waals surface area contributed by atoms with E-state index in [1.54, 1.807) is 12.1 Å². The van der Waals surface area contributed by atoms with E-state index in [0.29, 0.717) is 17.2 Å². The Labute approximate surface area is 120 Å². The highest BCUT2D eigenvalue weighted by Crippen LogP contribution is 2.23. The lowest BCUT2D eigenvalue weighted by Gasteiger charge is -1.97. The fourth-order valence-electron chi connectivity index (χ4n) is 1.99. The molecule has 3 rings (SSSR count). The standard InChI is InChI=1S/C15H12N4O2/c1-10-5-7-11(8-6-10)14-16-15(18-17-14)12-3-2-4-13(9-12)19(20)21/h2-9H,1H3,(H,16,17,18). The van der Waals surface area contributed by atoms with Gasteiger partial charge in [-0.2, -0.15) is 5.10 Å². The second-order valence-electron chi connectivity index (χ2n) is 4.68. The molecule has 0 bridgehead atoms. The van der Waals surface area contributed by atoms with E-state index in [1.807, 2.05) is 31.2 Å². The van der Waals surface area contributed by atoms with E-state index in [0.717, 1.165) is 11.1 Å². The van der Waals surface area contributed by atoms with E-state index in [4.69, 9.17) is 0 Å². The molecule has 0 aliphatic heterocycles. The van der Waals surface area contributed by atoms with Crippen LogP contribution < -0.4 is 0 Å². The largest absolute Gasteiger partial charge is 0.270 e. The number of aromatic amines is 1. The maximum atomic E-state index is 10.8. The smallest absolute Gasteiger partial charge is 0.259 e. The van der Waals surface area contributed by atoms with E-state index in [1.165, 1.54) is 12.1 Å². The highest BCUT2D eigenvalue weighted by atomic mass is 16.6. The molecule has 0 radical (unpaired) electrons. The maximum absolute atomic E-state index is 10.8. The molecule has 0 atom stereocenters. The van der Waals surface area contributed by atoms with Crippen molar-refractivity contribution in [1.82, 2.24) is 15.2 Å². The number of benzene rings is 2. The number of aryl methyl sites for hydroxylation is 1. The van der Waals surface area contributed by atoms with Gasteiger partial charge in [-0.1, -0.05) is 42.0 Å². The van der Waals surface area contributed by atoms with Crippen molar-refractivity contribution < 1.29 is 4.92 Å². The summed E-state index contributed by atoms with van der Waals surface area (Å²) in [6.45, 7) is 2.01. The van der Waals surface area contributed by atoms with Crippen LogP contribution in [0.1, 0.15) is 5.56 Å². The summed E-state index contributed by atoms with van der Waals surface area (Å²) in [5, 5.41) is 17.8. The Hall–Kier alpha value is -3.02. The molecule has 3 aromatic rings. The number of nitrogens with one attached hydrogen (secondary N) is 1. The number of nitro groups is 1. The van der Waals surface area contributed by atoms with Crippen LogP contribution in [0.5, 0.6) is 0 Å². The first-order chi connectivity index (χ1) is 10.1. The van der Waals surface area contributed by atoms with Gasteiger partial charge in [0.1, 0.15) is 0 Å². The van der Waals surface area contributed by atoms with Crippen LogP contribution in [0.2, 0.25) is 0 Å². The maximum Gasteiger partial charge on any atom is 0.270 e. The van der Waals surface area contributed by atoms with Gasteiger partial charge in [-0.15, -0.1) is 0 Å². The predicted octanol–water partition coefficient (Wildman–Crippen LogP) is 3.36. The van der Waals surface area contributed by atoms with Crippen molar-refractivity contribution in [2.24, 2.45) is 0 Å². The Morgan fingerprint density at radius 3 is 2.57 bits per heavy atom. The molecule has 0 amide bonds. The van der Waals surface area contributed by atoms with Crippen LogP contribution in [0, 0.1) is 17.0 Å². The summed E-state index contributed by atoms with van der Waals surface area (Å²) in [6.07, 6.45) is 0. The van der Waals surface area contributed by atoms with E-state index < -0.39 is 4.92 Å². The van der Waals surface area contributed by atoms with Gasteiger partial charge in [0.15, 0.2) is 11.6 Å². The molecule has 0 aliphatic carbocycles. The third kappa shape index (κ3) is 2.64. The molecule has 0 unspecified atom stereocenters. The first-order valence-electron chi connectivity index (χ1n) is 6.38. The molecule has 0 spiro atoms. The van der Waals surface area contributed by atoms with Crippen LogP contribution in [-0.4, -0.2) is 20.1 Å². The lowest BCUT2D eigenvalue weighted by Crippen LogP contribution is -1.88. The van der Waals surface area contributed by atoms with Gasteiger partial charge in [0.05, 0.1) is 4.92 Å². The molecule has 0 saturated heterocycles. The molecule has 0 aliphatic rings. The van der Waals surface area contributed by atoms with Crippen molar-refractivity contribution in [2.45, 2.75) is 6.92 Å². The van der Waals surface area contributed by atoms with Crippen molar-refractivity contribution >= 4 is 5.69 Å². The van der Waals surface area contributed by atoms with Crippen molar-refractivity contribution in [3.05, 3.63) is 64.2 Å². The van der Waals surface area contributed by atoms with Crippen LogP contribution in [0.15, 0.2) is 48.5 Å². The minimum Gasteiger partial charge on any atom is -0.259 e. The highest BCUT2D eigenvalue weighted by Gasteiger charge is 2.11. The highest BCUT2D eigenvalue weighted by molar-refractivity contribution is 5.63. The molecule has 6 nitrogen and oxygen atoms in total. The fourth-order valence-corrected chi connectivity index (χ4v) is 1.99. The van der Waals surface area contributed by atoms with Crippen molar-refractivity contribution in [1.29, 1.82) is 0 Å². The Kier molecular flexibility index (Phi) is 3.19. The summed E-state index contributed by atoms with van der Waals surface area (Å²) in [4.78, 5) is 14.8.